The molecule has 3 aromatic rings. The second-order valence-electron chi connectivity index (χ2n) is 6.11. The molecule has 2 atom stereocenters. The van der Waals surface area contributed by atoms with Crippen LogP contribution in [-0.4, -0.2) is 43.7 Å². The number of anilines is 1. The summed E-state index contributed by atoms with van der Waals surface area (Å²) in [6.07, 6.45) is 4.04. The fourth-order valence-electron chi connectivity index (χ4n) is 3.05. The van der Waals surface area contributed by atoms with Gasteiger partial charge in [0.25, 0.3) is 0 Å². The first-order valence-electron chi connectivity index (χ1n) is 7.87. The molecule has 0 amide bonds. The zero-order chi connectivity index (χ0) is 16.8. The molecule has 8 heteroatoms. The van der Waals surface area contributed by atoms with Crippen molar-refractivity contribution in [3.63, 3.8) is 0 Å². The molecule has 8 nitrogen and oxygen atoms in total. The number of ether oxygens (including phenoxy) is 1. The number of fused-ring (bicyclic) bond motifs is 3. The van der Waals surface area contributed by atoms with Crippen molar-refractivity contribution in [3.05, 3.63) is 35.0 Å². The van der Waals surface area contributed by atoms with Gasteiger partial charge in [-0.05, 0) is 13.8 Å². The number of nitrogens with zero attached hydrogens (tertiary/aromatic N) is 5. The highest BCUT2D eigenvalue weighted by Crippen LogP contribution is 2.27. The maximum Gasteiger partial charge on any atom is 0.333 e. The lowest BCUT2D eigenvalue weighted by molar-refractivity contribution is 0.204. The minimum atomic E-state index is -0.305. The molecule has 0 saturated heterocycles. The van der Waals surface area contributed by atoms with Crippen molar-refractivity contribution in [2.24, 2.45) is 0 Å². The number of aromatic nitrogens is 5. The smallest absolute Gasteiger partial charge is 0.333 e. The maximum absolute atomic E-state index is 12.5. The van der Waals surface area contributed by atoms with Crippen molar-refractivity contribution in [1.82, 2.24) is 24.5 Å². The molecule has 0 unspecified atom stereocenters. The molecular formula is C16H18N6O2. The molecule has 0 aliphatic carbocycles. The maximum atomic E-state index is 12.5. The van der Waals surface area contributed by atoms with Gasteiger partial charge < -0.3 is 9.64 Å². The number of nitrogens with one attached hydrogen (secondary N) is 1. The van der Waals surface area contributed by atoms with Crippen LogP contribution in [0.4, 0.5) is 5.95 Å². The fourth-order valence-corrected chi connectivity index (χ4v) is 3.05. The molecule has 0 aromatic carbocycles. The van der Waals surface area contributed by atoms with Gasteiger partial charge in [-0.2, -0.15) is 4.98 Å². The summed E-state index contributed by atoms with van der Waals surface area (Å²) in [5, 5.41) is 0. The number of rotatable bonds is 0. The Kier molecular flexibility index (Phi) is 3.26. The van der Waals surface area contributed by atoms with Crippen LogP contribution in [0.3, 0.4) is 0 Å². The zero-order valence-corrected chi connectivity index (χ0v) is 13.7. The predicted molar refractivity (Wildman–Crippen MR) is 89.9 cm³/mol. The summed E-state index contributed by atoms with van der Waals surface area (Å²) in [6, 6.07) is 3.66. The molecule has 0 radical (unpaired) electrons. The third-order valence-electron chi connectivity index (χ3n) is 4.37. The number of H-pyrrole nitrogens is 1. The van der Waals surface area contributed by atoms with Crippen molar-refractivity contribution in [3.8, 4) is 11.6 Å². The van der Waals surface area contributed by atoms with E-state index in [0.29, 0.717) is 28.7 Å². The fraction of sp³-hybridized carbons (Fsp3) is 0.375. The largest absolute Gasteiger partial charge is 0.488 e. The summed E-state index contributed by atoms with van der Waals surface area (Å²) >= 11 is 0. The molecule has 24 heavy (non-hydrogen) atoms. The Labute approximate surface area is 138 Å². The minimum Gasteiger partial charge on any atom is -0.488 e. The van der Waals surface area contributed by atoms with Crippen molar-refractivity contribution < 1.29 is 4.74 Å². The molecule has 4 heterocycles. The number of pyridine rings is 1. The van der Waals surface area contributed by atoms with E-state index >= 15 is 0 Å². The summed E-state index contributed by atoms with van der Waals surface area (Å²) in [5.41, 5.74) is 0.766. The molecule has 1 aliphatic rings. The lowest BCUT2D eigenvalue weighted by atomic mass is 10.1. The average molecular weight is 326 g/mol. The molecule has 3 aromatic heterocycles. The van der Waals surface area contributed by atoms with Crippen molar-refractivity contribution in [2.75, 3.05) is 11.9 Å². The van der Waals surface area contributed by atoms with E-state index in [9.17, 15) is 4.79 Å². The Hall–Kier alpha value is -2.90. The minimum absolute atomic E-state index is 0.0389. The quantitative estimate of drug-likeness (QED) is 0.673. The van der Waals surface area contributed by atoms with Gasteiger partial charge in [0.05, 0.1) is 6.10 Å². The summed E-state index contributed by atoms with van der Waals surface area (Å²) in [5.74, 6) is 1.67. The molecule has 0 saturated carbocycles. The Morgan fingerprint density at radius 1 is 1.25 bits per heavy atom. The summed E-state index contributed by atoms with van der Waals surface area (Å²) in [7, 11) is 1.94. The van der Waals surface area contributed by atoms with Crippen molar-refractivity contribution >= 4 is 17.1 Å². The molecular weight excluding hydrogens is 308 g/mol. The summed E-state index contributed by atoms with van der Waals surface area (Å²) < 4.78 is 7.60. The molecule has 124 valence electrons. The molecule has 1 aliphatic heterocycles. The number of imidazole rings is 1. The standard InChI is InChI=1S/C16H18N6O2/c1-9-8-10(2)24-11-4-6-17-14-13(11)22(16(23)20-14)12-5-7-18-15(19-12)21(9)3/h4-7,9-10H,8H2,1-3H3,(H,17,20,23)/t9-,10-/m1/s1. The monoisotopic (exact) mass is 326 g/mol. The van der Waals surface area contributed by atoms with Gasteiger partial charge in [0.15, 0.2) is 5.65 Å². The first kappa shape index (κ1) is 14.7. The lowest BCUT2D eigenvalue weighted by Gasteiger charge is -2.27. The van der Waals surface area contributed by atoms with E-state index in [1.54, 1.807) is 24.5 Å². The second-order valence-corrected chi connectivity index (χ2v) is 6.11. The highest BCUT2D eigenvalue weighted by Gasteiger charge is 2.22. The van der Waals surface area contributed by atoms with Gasteiger partial charge in [-0.15, -0.1) is 0 Å². The summed E-state index contributed by atoms with van der Waals surface area (Å²) in [4.78, 5) is 30.4. The van der Waals surface area contributed by atoms with Gasteiger partial charge in [-0.25, -0.2) is 19.3 Å². The molecule has 2 bridgehead atoms. The van der Waals surface area contributed by atoms with Crippen LogP contribution >= 0.6 is 0 Å². The second kappa shape index (κ2) is 5.33. The van der Waals surface area contributed by atoms with E-state index in [-0.39, 0.29) is 17.8 Å². The van der Waals surface area contributed by atoms with Gasteiger partial charge in [-0.3, -0.25) is 4.98 Å². The van der Waals surface area contributed by atoms with Gasteiger partial charge in [0.1, 0.15) is 17.1 Å². The van der Waals surface area contributed by atoms with Crippen LogP contribution in [-0.2, 0) is 0 Å². The first-order valence-corrected chi connectivity index (χ1v) is 7.87. The van der Waals surface area contributed by atoms with E-state index < -0.39 is 0 Å². The van der Waals surface area contributed by atoms with Crippen molar-refractivity contribution in [2.45, 2.75) is 32.4 Å². The van der Waals surface area contributed by atoms with E-state index in [4.69, 9.17) is 4.74 Å². The number of hydrogen-bond donors (Lipinski definition) is 1. The van der Waals surface area contributed by atoms with Crippen LogP contribution in [0.2, 0.25) is 0 Å². The summed E-state index contributed by atoms with van der Waals surface area (Å²) in [6.45, 7) is 4.11. The highest BCUT2D eigenvalue weighted by atomic mass is 16.5. The Bertz CT molecular complexity index is 963. The van der Waals surface area contributed by atoms with Crippen LogP contribution < -0.4 is 15.3 Å². The third kappa shape index (κ3) is 2.22. The average Bonchev–Trinajstić information content (AvgIpc) is 2.90. The SMILES string of the molecule is C[C@@H]1C[C@@H](C)N(C)c2nccc(n2)-n2c(=O)[nH]c3nccc(c32)O1. The predicted octanol–water partition coefficient (Wildman–Crippen LogP) is 1.50. The molecule has 1 N–H and O–H groups in total. The zero-order valence-electron chi connectivity index (χ0n) is 13.7. The Morgan fingerprint density at radius 3 is 2.88 bits per heavy atom. The normalized spacial score (nSPS) is 20.5. The van der Waals surface area contributed by atoms with Crippen LogP contribution in [0.25, 0.3) is 17.0 Å². The van der Waals surface area contributed by atoms with Crippen LogP contribution in [0.15, 0.2) is 29.3 Å². The topological polar surface area (TPSA) is 88.9 Å². The van der Waals surface area contributed by atoms with Crippen LogP contribution in [0.5, 0.6) is 5.75 Å². The van der Waals surface area contributed by atoms with E-state index in [2.05, 4.69) is 26.9 Å². The van der Waals surface area contributed by atoms with Gasteiger partial charge >= 0.3 is 5.69 Å². The van der Waals surface area contributed by atoms with E-state index in [1.165, 1.54) is 4.57 Å². The van der Waals surface area contributed by atoms with Crippen LogP contribution in [0.1, 0.15) is 20.3 Å². The molecule has 4 rings (SSSR count). The highest BCUT2D eigenvalue weighted by molar-refractivity contribution is 5.80. The van der Waals surface area contributed by atoms with Crippen LogP contribution in [0, 0.1) is 0 Å². The Balaban J connectivity index is 2.05. The first-order chi connectivity index (χ1) is 11.5. The number of aromatic amines is 1. The molecule has 0 spiro atoms. The van der Waals surface area contributed by atoms with Gasteiger partial charge in [-0.1, -0.05) is 0 Å². The number of hydrogen-bond acceptors (Lipinski definition) is 6. The third-order valence-corrected chi connectivity index (χ3v) is 4.37. The van der Waals surface area contributed by atoms with E-state index in [1.807, 2.05) is 18.9 Å². The van der Waals surface area contributed by atoms with Gasteiger partial charge in [0.2, 0.25) is 5.95 Å². The van der Waals surface area contributed by atoms with Gasteiger partial charge in [0, 0.05) is 44.0 Å². The molecule has 0 fully saturated rings. The van der Waals surface area contributed by atoms with E-state index in [0.717, 1.165) is 6.42 Å². The van der Waals surface area contributed by atoms with Crippen molar-refractivity contribution in [1.29, 1.82) is 0 Å². The lowest BCUT2D eigenvalue weighted by Crippen LogP contribution is -2.34. The Morgan fingerprint density at radius 2 is 2.04 bits per heavy atom.